The molecule has 1 aromatic rings. The minimum atomic E-state index is 0.826. The lowest BCUT2D eigenvalue weighted by Crippen LogP contribution is -2.28. The van der Waals surface area contributed by atoms with Crippen molar-refractivity contribution < 1.29 is 0 Å². The van der Waals surface area contributed by atoms with Crippen LogP contribution in [-0.2, 0) is 6.54 Å². The summed E-state index contributed by atoms with van der Waals surface area (Å²) in [7, 11) is 0. The molecule has 1 atom stereocenters. The molecule has 0 radical (unpaired) electrons. The molecule has 4 heteroatoms. The van der Waals surface area contributed by atoms with E-state index in [1.807, 2.05) is 0 Å². The summed E-state index contributed by atoms with van der Waals surface area (Å²) in [5.41, 5.74) is 1.42. The summed E-state index contributed by atoms with van der Waals surface area (Å²) in [6, 6.07) is 2.19. The lowest BCUT2D eigenvalue weighted by atomic mass is 10.3. The third-order valence-corrected chi connectivity index (χ3v) is 5.74. The second-order valence-corrected chi connectivity index (χ2v) is 6.67. The van der Waals surface area contributed by atoms with Crippen LogP contribution in [0.1, 0.15) is 5.56 Å². The second kappa shape index (κ2) is 6.05. The number of thiophene rings is 1. The van der Waals surface area contributed by atoms with Crippen LogP contribution >= 0.6 is 34.9 Å². The number of nitrogens with one attached hydrogen (secondary N) is 1. The van der Waals surface area contributed by atoms with E-state index in [9.17, 15) is 0 Å². The molecule has 14 heavy (non-hydrogen) atoms. The zero-order valence-electron chi connectivity index (χ0n) is 8.07. The molecule has 1 aliphatic rings. The van der Waals surface area contributed by atoms with Gasteiger partial charge in [-0.05, 0) is 22.4 Å². The fourth-order valence-corrected chi connectivity index (χ4v) is 4.74. The van der Waals surface area contributed by atoms with Crippen LogP contribution in [0.2, 0.25) is 0 Å². The Kier molecular flexibility index (Phi) is 4.70. The molecule has 0 spiro atoms. The molecule has 78 valence electrons. The van der Waals surface area contributed by atoms with Gasteiger partial charge in [-0.3, -0.25) is 0 Å². The van der Waals surface area contributed by atoms with Gasteiger partial charge in [-0.15, -0.1) is 0 Å². The Morgan fingerprint density at radius 3 is 3.14 bits per heavy atom. The molecular formula is C10H15NS3. The van der Waals surface area contributed by atoms with Gasteiger partial charge >= 0.3 is 0 Å². The standard InChI is InChI=1S/C10H15NS3/c1-2-12-7-9(1)5-11-6-10-8-13-3-4-14-10/h1-2,7,10-11H,3-6,8H2. The summed E-state index contributed by atoms with van der Waals surface area (Å²) < 4.78 is 0. The average molecular weight is 245 g/mol. The highest BCUT2D eigenvalue weighted by atomic mass is 32.2. The molecule has 2 heterocycles. The van der Waals surface area contributed by atoms with Crippen LogP contribution in [0.15, 0.2) is 16.8 Å². The first-order valence-electron chi connectivity index (χ1n) is 4.86. The van der Waals surface area contributed by atoms with E-state index in [2.05, 4.69) is 45.7 Å². The fourth-order valence-electron chi connectivity index (χ4n) is 1.43. The molecule has 2 rings (SSSR count). The Morgan fingerprint density at radius 1 is 1.43 bits per heavy atom. The van der Waals surface area contributed by atoms with Crippen molar-refractivity contribution in [3.63, 3.8) is 0 Å². The molecular weight excluding hydrogens is 230 g/mol. The van der Waals surface area contributed by atoms with Crippen LogP contribution in [0.25, 0.3) is 0 Å². The molecule has 0 amide bonds. The van der Waals surface area contributed by atoms with Gasteiger partial charge < -0.3 is 5.32 Å². The van der Waals surface area contributed by atoms with Crippen LogP contribution in [-0.4, -0.2) is 29.1 Å². The molecule has 1 unspecified atom stereocenters. The maximum atomic E-state index is 3.53. The topological polar surface area (TPSA) is 12.0 Å². The Morgan fingerprint density at radius 2 is 2.43 bits per heavy atom. The highest BCUT2D eigenvalue weighted by Gasteiger charge is 2.13. The molecule has 1 aromatic heterocycles. The summed E-state index contributed by atoms with van der Waals surface area (Å²) in [4.78, 5) is 0. The van der Waals surface area contributed by atoms with E-state index < -0.39 is 0 Å². The minimum absolute atomic E-state index is 0.826. The molecule has 1 nitrogen and oxygen atoms in total. The zero-order valence-corrected chi connectivity index (χ0v) is 10.5. The third-order valence-electron chi connectivity index (χ3n) is 2.17. The highest BCUT2D eigenvalue weighted by Crippen LogP contribution is 2.23. The van der Waals surface area contributed by atoms with E-state index in [1.165, 1.54) is 22.8 Å². The number of thioether (sulfide) groups is 2. The van der Waals surface area contributed by atoms with Crippen molar-refractivity contribution in [1.29, 1.82) is 0 Å². The summed E-state index contributed by atoms with van der Waals surface area (Å²) in [5, 5.41) is 8.72. The first-order valence-corrected chi connectivity index (χ1v) is 8.01. The van der Waals surface area contributed by atoms with Crippen molar-refractivity contribution in [3.05, 3.63) is 22.4 Å². The molecule has 1 N–H and O–H groups in total. The molecule has 1 aliphatic heterocycles. The summed E-state index contributed by atoms with van der Waals surface area (Å²) >= 11 is 5.99. The monoisotopic (exact) mass is 245 g/mol. The molecule has 1 saturated heterocycles. The second-order valence-electron chi connectivity index (χ2n) is 3.33. The Labute approximate surface area is 98.1 Å². The molecule has 1 fully saturated rings. The maximum Gasteiger partial charge on any atom is 0.0263 e. The van der Waals surface area contributed by atoms with Gasteiger partial charge in [0.05, 0.1) is 0 Å². The van der Waals surface area contributed by atoms with E-state index in [0.29, 0.717) is 0 Å². The van der Waals surface area contributed by atoms with E-state index in [4.69, 9.17) is 0 Å². The third kappa shape index (κ3) is 3.50. The van der Waals surface area contributed by atoms with Gasteiger partial charge in [0.25, 0.3) is 0 Å². The van der Waals surface area contributed by atoms with Gasteiger partial charge in [0.2, 0.25) is 0 Å². The molecule has 0 bridgehead atoms. The molecule has 0 saturated carbocycles. The first kappa shape index (κ1) is 10.9. The van der Waals surface area contributed by atoms with Crippen LogP contribution in [0.4, 0.5) is 0 Å². The van der Waals surface area contributed by atoms with Crippen LogP contribution in [0.5, 0.6) is 0 Å². The summed E-state index contributed by atoms with van der Waals surface area (Å²) in [5.74, 6) is 3.99. The van der Waals surface area contributed by atoms with Gasteiger partial charge in [0, 0.05) is 35.6 Å². The van der Waals surface area contributed by atoms with Gasteiger partial charge in [-0.2, -0.15) is 34.9 Å². The van der Waals surface area contributed by atoms with Gasteiger partial charge in [0.1, 0.15) is 0 Å². The van der Waals surface area contributed by atoms with Gasteiger partial charge in [-0.25, -0.2) is 0 Å². The Bertz CT molecular complexity index is 242. The molecule has 0 aromatic carbocycles. The highest BCUT2D eigenvalue weighted by molar-refractivity contribution is 8.06. The van der Waals surface area contributed by atoms with Crippen LogP contribution in [0.3, 0.4) is 0 Å². The lowest BCUT2D eigenvalue weighted by Gasteiger charge is -2.21. The maximum absolute atomic E-state index is 3.53. The van der Waals surface area contributed by atoms with Gasteiger partial charge in [-0.1, -0.05) is 0 Å². The predicted octanol–water partition coefficient (Wildman–Crippen LogP) is 2.69. The minimum Gasteiger partial charge on any atom is -0.312 e. The summed E-state index contributed by atoms with van der Waals surface area (Å²) in [6.45, 7) is 2.19. The smallest absolute Gasteiger partial charge is 0.0263 e. The van der Waals surface area contributed by atoms with Crippen molar-refractivity contribution in [2.45, 2.75) is 11.8 Å². The van der Waals surface area contributed by atoms with Gasteiger partial charge in [0.15, 0.2) is 0 Å². The molecule has 0 aliphatic carbocycles. The SMILES string of the molecule is c1cc(CNCC2CSCCS2)cs1. The quantitative estimate of drug-likeness (QED) is 0.876. The van der Waals surface area contributed by atoms with Crippen molar-refractivity contribution >= 4 is 34.9 Å². The normalized spacial score (nSPS) is 22.4. The van der Waals surface area contributed by atoms with E-state index in [-0.39, 0.29) is 0 Å². The Hall–Kier alpha value is 0.360. The van der Waals surface area contributed by atoms with Crippen LogP contribution in [0, 0.1) is 0 Å². The fraction of sp³-hybridized carbons (Fsp3) is 0.600. The van der Waals surface area contributed by atoms with Crippen molar-refractivity contribution in [3.8, 4) is 0 Å². The number of hydrogen-bond donors (Lipinski definition) is 1. The average Bonchev–Trinajstić information content (AvgIpc) is 2.72. The summed E-state index contributed by atoms with van der Waals surface area (Å²) in [6.07, 6.45) is 0. The lowest BCUT2D eigenvalue weighted by molar-refractivity contribution is 0.687. The van der Waals surface area contributed by atoms with Crippen molar-refractivity contribution in [2.24, 2.45) is 0 Å². The Balaban J connectivity index is 1.62. The van der Waals surface area contributed by atoms with Crippen molar-refractivity contribution in [1.82, 2.24) is 5.32 Å². The van der Waals surface area contributed by atoms with Crippen molar-refractivity contribution in [2.75, 3.05) is 23.8 Å². The van der Waals surface area contributed by atoms with Crippen LogP contribution < -0.4 is 5.32 Å². The van der Waals surface area contributed by atoms with E-state index >= 15 is 0 Å². The first-order chi connectivity index (χ1) is 6.95. The van der Waals surface area contributed by atoms with E-state index in [0.717, 1.165) is 18.3 Å². The van der Waals surface area contributed by atoms with E-state index in [1.54, 1.807) is 11.3 Å². The predicted molar refractivity (Wildman–Crippen MR) is 69.6 cm³/mol. The number of hydrogen-bond acceptors (Lipinski definition) is 4. The number of rotatable bonds is 4. The zero-order chi connectivity index (χ0) is 9.64. The largest absolute Gasteiger partial charge is 0.312 e.